The third-order valence-electron chi connectivity index (χ3n) is 9.65. The van der Waals surface area contributed by atoms with Gasteiger partial charge in [-0.05, 0) is 111 Å². The summed E-state index contributed by atoms with van der Waals surface area (Å²) in [4.78, 5) is 13.3. The Kier molecular flexibility index (Phi) is 4.17. The van der Waals surface area contributed by atoms with E-state index >= 15 is 0 Å². The molecule has 4 aliphatic carbocycles. The molecule has 6 atom stereocenters. The molecule has 0 aromatic heterocycles. The van der Waals surface area contributed by atoms with Crippen molar-refractivity contribution in [2.75, 3.05) is 0 Å². The molecule has 0 bridgehead atoms. The molecule has 5 rings (SSSR count). The maximum atomic E-state index is 13.3. The lowest BCUT2D eigenvalue weighted by Gasteiger charge is -2.56. The largest absolute Gasteiger partial charge is 0.294 e. The lowest BCUT2D eigenvalue weighted by atomic mass is 9.48. The Labute approximate surface area is 168 Å². The van der Waals surface area contributed by atoms with Gasteiger partial charge in [0.15, 0.2) is 5.78 Å². The zero-order valence-electron chi connectivity index (χ0n) is 17.6. The van der Waals surface area contributed by atoms with Crippen molar-refractivity contribution in [3.63, 3.8) is 0 Å². The summed E-state index contributed by atoms with van der Waals surface area (Å²) >= 11 is 0. The van der Waals surface area contributed by atoms with Crippen LogP contribution in [0.3, 0.4) is 0 Å². The quantitative estimate of drug-likeness (QED) is 0.400. The summed E-state index contributed by atoms with van der Waals surface area (Å²) in [5.74, 6) is 2.37. The number of benzene rings is 1. The highest BCUT2D eigenvalue weighted by molar-refractivity contribution is 5.98. The highest BCUT2D eigenvalue weighted by atomic mass is 19.1. The van der Waals surface area contributed by atoms with Gasteiger partial charge in [-0.25, -0.2) is 4.39 Å². The molecule has 0 heterocycles. The van der Waals surface area contributed by atoms with E-state index in [-0.39, 0.29) is 22.9 Å². The second kappa shape index (κ2) is 6.28. The van der Waals surface area contributed by atoms with Crippen molar-refractivity contribution < 1.29 is 9.18 Å². The van der Waals surface area contributed by atoms with Gasteiger partial charge in [0.2, 0.25) is 0 Å². The number of allylic oxidation sites excluding steroid dienone is 2. The van der Waals surface area contributed by atoms with Gasteiger partial charge in [-0.3, -0.25) is 4.79 Å². The SMILES string of the molecule is CC1=C2CC[C@H]3[C@H]4CC[C@@H](C(=O)c5ccc(F)cc5)[C@@]4(C)CC[C@@H]3[C@]2(C)CC1. The van der Waals surface area contributed by atoms with Crippen LogP contribution in [-0.4, -0.2) is 5.78 Å². The molecule has 0 N–H and O–H groups in total. The number of fused-ring (bicyclic) bond motifs is 5. The minimum absolute atomic E-state index is 0.110. The molecular weight excluding hydrogens is 347 g/mol. The predicted octanol–water partition coefficient (Wildman–Crippen LogP) is 6.98. The lowest BCUT2D eigenvalue weighted by molar-refractivity contribution is -0.0412. The minimum Gasteiger partial charge on any atom is -0.294 e. The topological polar surface area (TPSA) is 17.1 Å². The normalized spacial score (nSPS) is 42.1. The number of carbonyl (C=O) groups excluding carboxylic acids is 1. The fourth-order valence-corrected chi connectivity index (χ4v) is 8.18. The van der Waals surface area contributed by atoms with Crippen molar-refractivity contribution in [2.24, 2.45) is 34.5 Å². The summed E-state index contributed by atoms with van der Waals surface area (Å²) in [6.45, 7) is 7.32. The first-order valence-electron chi connectivity index (χ1n) is 11.3. The van der Waals surface area contributed by atoms with Crippen LogP contribution in [0.5, 0.6) is 0 Å². The van der Waals surface area contributed by atoms with E-state index in [0.29, 0.717) is 16.9 Å². The van der Waals surface area contributed by atoms with E-state index in [9.17, 15) is 9.18 Å². The zero-order chi connectivity index (χ0) is 19.7. The van der Waals surface area contributed by atoms with Crippen LogP contribution >= 0.6 is 0 Å². The van der Waals surface area contributed by atoms with Crippen LogP contribution in [0, 0.1) is 40.3 Å². The summed E-state index contributed by atoms with van der Waals surface area (Å²) in [5, 5.41) is 0. The summed E-state index contributed by atoms with van der Waals surface area (Å²) in [7, 11) is 0. The molecule has 1 aromatic rings. The third-order valence-corrected chi connectivity index (χ3v) is 9.65. The molecule has 28 heavy (non-hydrogen) atoms. The molecular formula is C26H33FO. The van der Waals surface area contributed by atoms with Gasteiger partial charge in [0.1, 0.15) is 5.82 Å². The van der Waals surface area contributed by atoms with Crippen molar-refractivity contribution in [2.45, 2.75) is 72.1 Å². The van der Waals surface area contributed by atoms with E-state index in [0.717, 1.165) is 18.3 Å². The summed E-state index contributed by atoms with van der Waals surface area (Å²) in [6.07, 6.45) is 9.91. The van der Waals surface area contributed by atoms with Crippen LogP contribution in [0.2, 0.25) is 0 Å². The number of ketones is 1. The number of rotatable bonds is 2. The van der Waals surface area contributed by atoms with E-state index in [4.69, 9.17) is 0 Å². The summed E-state index contributed by atoms with van der Waals surface area (Å²) in [5.41, 5.74) is 4.70. The van der Waals surface area contributed by atoms with Gasteiger partial charge in [-0.2, -0.15) is 0 Å². The smallest absolute Gasteiger partial charge is 0.166 e. The fraction of sp³-hybridized carbons (Fsp3) is 0.654. The number of hydrogen-bond acceptors (Lipinski definition) is 1. The fourth-order valence-electron chi connectivity index (χ4n) is 8.18. The first kappa shape index (κ1) is 18.6. The van der Waals surface area contributed by atoms with Crippen LogP contribution in [0.15, 0.2) is 35.4 Å². The monoisotopic (exact) mass is 380 g/mol. The molecule has 2 heteroatoms. The Morgan fingerprint density at radius 3 is 2.46 bits per heavy atom. The van der Waals surface area contributed by atoms with Crippen LogP contribution in [0.25, 0.3) is 0 Å². The molecule has 0 aliphatic heterocycles. The Morgan fingerprint density at radius 2 is 1.71 bits per heavy atom. The lowest BCUT2D eigenvalue weighted by Crippen LogP contribution is -2.49. The van der Waals surface area contributed by atoms with Crippen LogP contribution in [0.1, 0.15) is 82.5 Å². The molecule has 3 saturated carbocycles. The molecule has 0 unspecified atom stereocenters. The minimum atomic E-state index is -0.265. The van der Waals surface area contributed by atoms with Gasteiger partial charge in [0, 0.05) is 11.5 Å². The molecule has 0 radical (unpaired) electrons. The van der Waals surface area contributed by atoms with Crippen molar-refractivity contribution in [3.8, 4) is 0 Å². The van der Waals surface area contributed by atoms with Gasteiger partial charge in [0.25, 0.3) is 0 Å². The maximum Gasteiger partial charge on any atom is 0.166 e. The molecule has 3 fully saturated rings. The average molecular weight is 381 g/mol. The Bertz CT molecular complexity index is 836. The van der Waals surface area contributed by atoms with Gasteiger partial charge < -0.3 is 0 Å². The number of Topliss-reactive ketones (excluding diaryl/α,β-unsaturated/α-hetero) is 1. The number of hydrogen-bond donors (Lipinski definition) is 0. The van der Waals surface area contributed by atoms with Crippen LogP contribution in [-0.2, 0) is 0 Å². The van der Waals surface area contributed by atoms with Crippen molar-refractivity contribution in [1.82, 2.24) is 0 Å². The standard InChI is InChI=1S/C26H33FO/c1-16-12-14-25(2)20(16)9-8-19-21-10-11-23(26(21,3)15-13-22(19)25)24(28)17-4-6-18(27)7-5-17/h4-7,19,21-23H,8-15H2,1-3H3/t19-,21+,22-,23-,25+,26-/m0/s1. The molecule has 0 saturated heterocycles. The first-order chi connectivity index (χ1) is 13.3. The molecule has 1 nitrogen and oxygen atoms in total. The van der Waals surface area contributed by atoms with E-state index < -0.39 is 0 Å². The van der Waals surface area contributed by atoms with Gasteiger partial charge in [-0.1, -0.05) is 25.0 Å². The summed E-state index contributed by atoms with van der Waals surface area (Å²) in [6, 6.07) is 6.22. The molecule has 0 spiro atoms. The molecule has 1 aromatic carbocycles. The van der Waals surface area contributed by atoms with Gasteiger partial charge >= 0.3 is 0 Å². The zero-order valence-corrected chi connectivity index (χ0v) is 17.6. The Hall–Kier alpha value is -1.44. The van der Waals surface area contributed by atoms with E-state index in [1.165, 1.54) is 57.1 Å². The van der Waals surface area contributed by atoms with Crippen molar-refractivity contribution >= 4 is 5.78 Å². The average Bonchev–Trinajstić information content (AvgIpc) is 3.18. The van der Waals surface area contributed by atoms with Crippen molar-refractivity contribution in [3.05, 3.63) is 46.8 Å². The Morgan fingerprint density at radius 1 is 0.964 bits per heavy atom. The second-order valence-corrected chi connectivity index (χ2v) is 10.6. The molecule has 150 valence electrons. The predicted molar refractivity (Wildman–Crippen MR) is 111 cm³/mol. The van der Waals surface area contributed by atoms with Crippen LogP contribution < -0.4 is 0 Å². The highest BCUT2D eigenvalue weighted by Crippen LogP contribution is 2.68. The highest BCUT2D eigenvalue weighted by Gasteiger charge is 2.60. The molecule has 4 aliphatic rings. The number of carbonyl (C=O) groups is 1. The number of halogens is 1. The van der Waals surface area contributed by atoms with E-state index in [2.05, 4.69) is 20.8 Å². The van der Waals surface area contributed by atoms with Crippen molar-refractivity contribution in [1.29, 1.82) is 0 Å². The van der Waals surface area contributed by atoms with Gasteiger partial charge in [0.05, 0.1) is 0 Å². The van der Waals surface area contributed by atoms with E-state index in [1.807, 2.05) is 0 Å². The second-order valence-electron chi connectivity index (χ2n) is 10.6. The third kappa shape index (κ3) is 2.45. The maximum absolute atomic E-state index is 13.3. The van der Waals surface area contributed by atoms with E-state index in [1.54, 1.807) is 23.3 Å². The first-order valence-corrected chi connectivity index (χ1v) is 11.3. The van der Waals surface area contributed by atoms with Crippen LogP contribution in [0.4, 0.5) is 4.39 Å². The summed E-state index contributed by atoms with van der Waals surface area (Å²) < 4.78 is 13.3. The van der Waals surface area contributed by atoms with Gasteiger partial charge in [-0.15, -0.1) is 0 Å². The molecule has 0 amide bonds. The Balaban J connectivity index is 1.43.